The van der Waals surface area contributed by atoms with E-state index in [1.54, 1.807) is 42.2 Å². The Labute approximate surface area is 143 Å². The Kier molecular flexibility index (Phi) is 5.64. The SMILES string of the molecule is CC(C)NC(=O)N(C)C[C@H]1Oc2ncccc2C(=O)N(C)C[C@H]1C. The topological polar surface area (TPSA) is 74.8 Å². The molecule has 1 aliphatic rings. The van der Waals surface area contributed by atoms with Crippen molar-refractivity contribution in [1.29, 1.82) is 0 Å². The van der Waals surface area contributed by atoms with E-state index in [1.807, 2.05) is 20.8 Å². The number of amides is 3. The summed E-state index contributed by atoms with van der Waals surface area (Å²) in [5.41, 5.74) is 0.450. The molecule has 0 saturated carbocycles. The number of hydrogen-bond donors (Lipinski definition) is 1. The minimum Gasteiger partial charge on any atom is -0.472 e. The Balaban J connectivity index is 2.19. The number of pyridine rings is 1. The van der Waals surface area contributed by atoms with E-state index in [2.05, 4.69) is 10.3 Å². The molecule has 0 fully saturated rings. The first-order valence-corrected chi connectivity index (χ1v) is 8.18. The van der Waals surface area contributed by atoms with Crippen molar-refractivity contribution < 1.29 is 14.3 Å². The van der Waals surface area contributed by atoms with E-state index < -0.39 is 0 Å². The van der Waals surface area contributed by atoms with Crippen LogP contribution in [0.25, 0.3) is 0 Å². The van der Waals surface area contributed by atoms with Gasteiger partial charge < -0.3 is 19.9 Å². The van der Waals surface area contributed by atoms with Crippen LogP contribution in [0.5, 0.6) is 5.88 Å². The molecule has 3 amide bonds. The molecule has 0 saturated heterocycles. The quantitative estimate of drug-likeness (QED) is 0.911. The fourth-order valence-corrected chi connectivity index (χ4v) is 2.67. The number of rotatable bonds is 3. The molecule has 0 spiro atoms. The number of carbonyl (C=O) groups excluding carboxylic acids is 2. The smallest absolute Gasteiger partial charge is 0.317 e. The third kappa shape index (κ3) is 4.15. The molecule has 1 aromatic heterocycles. The lowest BCUT2D eigenvalue weighted by molar-refractivity contribution is 0.0558. The highest BCUT2D eigenvalue weighted by molar-refractivity contribution is 5.96. The Morgan fingerprint density at radius 1 is 1.54 bits per heavy atom. The van der Waals surface area contributed by atoms with Crippen LogP contribution in [0.1, 0.15) is 31.1 Å². The molecule has 1 aliphatic heterocycles. The van der Waals surface area contributed by atoms with Crippen molar-refractivity contribution in [2.24, 2.45) is 5.92 Å². The van der Waals surface area contributed by atoms with Crippen molar-refractivity contribution >= 4 is 11.9 Å². The van der Waals surface area contributed by atoms with E-state index in [0.717, 1.165) is 0 Å². The van der Waals surface area contributed by atoms with Gasteiger partial charge in [-0.3, -0.25) is 4.79 Å². The summed E-state index contributed by atoms with van der Waals surface area (Å²) >= 11 is 0. The molecular formula is C17H26N4O3. The number of likely N-dealkylation sites (N-methyl/N-ethyl adjacent to an activating group) is 1. The van der Waals surface area contributed by atoms with Crippen molar-refractivity contribution in [2.45, 2.75) is 32.9 Å². The second-order valence-electron chi connectivity index (χ2n) is 6.66. The molecule has 0 unspecified atom stereocenters. The van der Waals surface area contributed by atoms with Crippen LogP contribution in [-0.2, 0) is 0 Å². The van der Waals surface area contributed by atoms with E-state index in [-0.39, 0.29) is 30.0 Å². The maximum Gasteiger partial charge on any atom is 0.317 e. The molecule has 2 rings (SSSR count). The summed E-state index contributed by atoms with van der Waals surface area (Å²) in [6.45, 7) is 6.81. The van der Waals surface area contributed by atoms with E-state index in [1.165, 1.54) is 0 Å². The number of fused-ring (bicyclic) bond motifs is 1. The second kappa shape index (κ2) is 7.51. The zero-order valence-electron chi connectivity index (χ0n) is 14.9. The predicted molar refractivity (Wildman–Crippen MR) is 91.1 cm³/mol. The van der Waals surface area contributed by atoms with Crippen molar-refractivity contribution in [3.05, 3.63) is 23.9 Å². The molecule has 1 N–H and O–H groups in total. The van der Waals surface area contributed by atoms with Gasteiger partial charge in [-0.2, -0.15) is 0 Å². The maximum absolute atomic E-state index is 12.4. The zero-order chi connectivity index (χ0) is 17.9. The lowest BCUT2D eigenvalue weighted by Gasteiger charge is -2.34. The first kappa shape index (κ1) is 18.0. The van der Waals surface area contributed by atoms with Gasteiger partial charge in [0, 0.05) is 38.8 Å². The number of carbonyl (C=O) groups is 2. The number of aromatic nitrogens is 1. The first-order valence-electron chi connectivity index (χ1n) is 8.18. The highest BCUT2D eigenvalue weighted by Crippen LogP contribution is 2.24. The van der Waals surface area contributed by atoms with Crippen LogP contribution in [0.15, 0.2) is 18.3 Å². The molecule has 132 valence electrons. The third-order valence-electron chi connectivity index (χ3n) is 4.02. The van der Waals surface area contributed by atoms with Gasteiger partial charge in [-0.25, -0.2) is 9.78 Å². The van der Waals surface area contributed by atoms with Crippen molar-refractivity contribution in [3.8, 4) is 5.88 Å². The van der Waals surface area contributed by atoms with Crippen LogP contribution in [0.3, 0.4) is 0 Å². The molecule has 1 aromatic rings. The van der Waals surface area contributed by atoms with Gasteiger partial charge in [-0.15, -0.1) is 0 Å². The minimum absolute atomic E-state index is 0.0587. The van der Waals surface area contributed by atoms with Gasteiger partial charge in [-0.1, -0.05) is 6.92 Å². The monoisotopic (exact) mass is 334 g/mol. The number of nitrogens with zero attached hydrogens (tertiary/aromatic N) is 3. The summed E-state index contributed by atoms with van der Waals surface area (Å²) in [5, 5.41) is 2.86. The van der Waals surface area contributed by atoms with Gasteiger partial charge in [0.15, 0.2) is 0 Å². The summed E-state index contributed by atoms with van der Waals surface area (Å²) in [5.74, 6) is 0.279. The predicted octanol–water partition coefficient (Wildman–Crippen LogP) is 1.60. The van der Waals surface area contributed by atoms with E-state index in [9.17, 15) is 9.59 Å². The Morgan fingerprint density at radius 2 is 2.25 bits per heavy atom. The van der Waals surface area contributed by atoms with Crippen molar-refractivity contribution in [2.75, 3.05) is 27.2 Å². The zero-order valence-corrected chi connectivity index (χ0v) is 14.9. The molecule has 7 heteroatoms. The minimum atomic E-state index is -0.253. The molecular weight excluding hydrogens is 308 g/mol. The molecule has 2 heterocycles. The molecule has 0 aliphatic carbocycles. The summed E-state index contributed by atoms with van der Waals surface area (Å²) in [4.78, 5) is 32.0. The summed E-state index contributed by atoms with van der Waals surface area (Å²) in [6.07, 6.45) is 1.35. The third-order valence-corrected chi connectivity index (χ3v) is 4.02. The van der Waals surface area contributed by atoms with Gasteiger partial charge >= 0.3 is 6.03 Å². The van der Waals surface area contributed by atoms with Crippen LogP contribution < -0.4 is 10.1 Å². The van der Waals surface area contributed by atoms with Crippen molar-refractivity contribution in [3.63, 3.8) is 0 Å². The average molecular weight is 334 g/mol. The number of hydrogen-bond acceptors (Lipinski definition) is 4. The van der Waals surface area contributed by atoms with E-state index in [4.69, 9.17) is 4.74 Å². The fourth-order valence-electron chi connectivity index (χ4n) is 2.67. The van der Waals surface area contributed by atoms with Crippen LogP contribution in [0.4, 0.5) is 4.79 Å². The van der Waals surface area contributed by atoms with Gasteiger partial charge in [-0.05, 0) is 26.0 Å². The normalized spacial score (nSPS) is 20.8. The largest absolute Gasteiger partial charge is 0.472 e. The molecule has 0 aromatic carbocycles. The van der Waals surface area contributed by atoms with Gasteiger partial charge in [0.1, 0.15) is 11.7 Å². The van der Waals surface area contributed by atoms with Gasteiger partial charge in [0.2, 0.25) is 5.88 Å². The highest BCUT2D eigenvalue weighted by Gasteiger charge is 2.31. The fraction of sp³-hybridized carbons (Fsp3) is 0.588. The molecule has 7 nitrogen and oxygen atoms in total. The average Bonchev–Trinajstić information content (AvgIpc) is 2.52. The van der Waals surface area contributed by atoms with Crippen LogP contribution in [0, 0.1) is 5.92 Å². The van der Waals surface area contributed by atoms with E-state index >= 15 is 0 Å². The maximum atomic E-state index is 12.4. The molecule has 24 heavy (non-hydrogen) atoms. The van der Waals surface area contributed by atoms with Gasteiger partial charge in [0.05, 0.1) is 6.54 Å². The lowest BCUT2D eigenvalue weighted by Crippen LogP contribution is -2.49. The van der Waals surface area contributed by atoms with Crippen LogP contribution >= 0.6 is 0 Å². The number of ether oxygens (including phenoxy) is 1. The first-order chi connectivity index (χ1) is 11.3. The highest BCUT2D eigenvalue weighted by atomic mass is 16.5. The summed E-state index contributed by atoms with van der Waals surface area (Å²) in [7, 11) is 3.51. The lowest BCUT2D eigenvalue weighted by atomic mass is 10.0. The van der Waals surface area contributed by atoms with Crippen LogP contribution in [-0.4, -0.2) is 66.1 Å². The number of urea groups is 1. The number of nitrogens with one attached hydrogen (secondary N) is 1. The standard InChI is InChI=1S/C17H26N4O3/c1-11(2)19-17(23)21(5)10-14-12(3)9-20(4)16(22)13-7-6-8-18-15(13)24-14/h6-8,11-12,14H,9-10H2,1-5H3,(H,19,23)/t12-,14-/m1/s1. The summed E-state index contributed by atoms with van der Waals surface area (Å²) in [6, 6.07) is 3.36. The summed E-state index contributed by atoms with van der Waals surface area (Å²) < 4.78 is 6.01. The van der Waals surface area contributed by atoms with Gasteiger partial charge in [0.25, 0.3) is 5.91 Å². The molecule has 0 radical (unpaired) electrons. The second-order valence-corrected chi connectivity index (χ2v) is 6.66. The van der Waals surface area contributed by atoms with Crippen molar-refractivity contribution in [1.82, 2.24) is 20.1 Å². The van der Waals surface area contributed by atoms with Crippen LogP contribution in [0.2, 0.25) is 0 Å². The Bertz CT molecular complexity index is 605. The molecule has 2 atom stereocenters. The Hall–Kier alpha value is -2.31. The molecule has 0 bridgehead atoms. The van der Waals surface area contributed by atoms with E-state index in [0.29, 0.717) is 24.5 Å². The Morgan fingerprint density at radius 3 is 2.92 bits per heavy atom.